The van der Waals surface area contributed by atoms with Gasteiger partial charge in [0.25, 0.3) is 5.91 Å². The van der Waals surface area contributed by atoms with Crippen LogP contribution < -0.4 is 19.5 Å². The third-order valence-corrected chi connectivity index (χ3v) is 11.1. The van der Waals surface area contributed by atoms with Crippen LogP contribution in [0.3, 0.4) is 0 Å². The number of fused-ring (bicyclic) bond motifs is 2. The molecule has 0 saturated heterocycles. The molecular weight excluding hydrogens is 793 g/mol. The first kappa shape index (κ1) is 39.1. The van der Waals surface area contributed by atoms with Crippen LogP contribution in [0.1, 0.15) is 50.0 Å². The SMILES string of the molecule is N#Cc1ccc(-c2ccc(C[C@H](NC(=O)C3Cc4cc5c(cc4CN3C(=O)c3ccco3)O[C@@H](c3ccc(OCc4ccc(Cl)c(Cl)c4)cc3)CO5)C(=O)O)cc2)cc1. The highest BCUT2D eigenvalue weighted by molar-refractivity contribution is 6.42. The smallest absolute Gasteiger partial charge is 0.326 e. The molecule has 2 aliphatic rings. The number of hydrogen-bond donors (Lipinski definition) is 2. The fourth-order valence-corrected chi connectivity index (χ4v) is 7.47. The predicted molar refractivity (Wildman–Crippen MR) is 218 cm³/mol. The van der Waals surface area contributed by atoms with E-state index in [1.807, 2.05) is 66.7 Å². The van der Waals surface area contributed by atoms with E-state index in [4.69, 9.17) is 47.1 Å². The van der Waals surface area contributed by atoms with Crippen molar-refractivity contribution >= 4 is 41.0 Å². The Balaban J connectivity index is 0.964. The molecule has 1 aromatic heterocycles. The van der Waals surface area contributed by atoms with Crippen molar-refractivity contribution in [1.82, 2.24) is 10.2 Å². The van der Waals surface area contributed by atoms with E-state index >= 15 is 0 Å². The molecule has 6 aromatic rings. The summed E-state index contributed by atoms with van der Waals surface area (Å²) < 4.78 is 24.0. The van der Waals surface area contributed by atoms with Gasteiger partial charge in [0.15, 0.2) is 23.4 Å². The van der Waals surface area contributed by atoms with Gasteiger partial charge in [0, 0.05) is 19.4 Å². The summed E-state index contributed by atoms with van der Waals surface area (Å²) in [6.45, 7) is 0.585. The van der Waals surface area contributed by atoms with Crippen LogP contribution in [-0.4, -0.2) is 46.5 Å². The zero-order chi connectivity index (χ0) is 41.0. The van der Waals surface area contributed by atoms with Gasteiger partial charge >= 0.3 is 5.97 Å². The number of nitrogens with zero attached hydrogens (tertiary/aromatic N) is 2. The Morgan fingerprint density at radius 2 is 1.58 bits per heavy atom. The molecule has 0 spiro atoms. The van der Waals surface area contributed by atoms with Crippen molar-refractivity contribution in [3.05, 3.63) is 171 Å². The van der Waals surface area contributed by atoms with Gasteiger partial charge in [-0.3, -0.25) is 9.59 Å². The van der Waals surface area contributed by atoms with Crippen molar-refractivity contribution in [3.8, 4) is 34.4 Å². The highest BCUT2D eigenvalue weighted by atomic mass is 35.5. The summed E-state index contributed by atoms with van der Waals surface area (Å²) in [6.07, 6.45) is 1.07. The Kier molecular flexibility index (Phi) is 11.3. The number of nitriles is 1. The van der Waals surface area contributed by atoms with Gasteiger partial charge in [0.1, 0.15) is 31.0 Å². The van der Waals surface area contributed by atoms with Crippen LogP contribution in [-0.2, 0) is 35.6 Å². The molecule has 1 unspecified atom stereocenters. The molecule has 0 saturated carbocycles. The second-order valence-corrected chi connectivity index (χ2v) is 15.0. The van der Waals surface area contributed by atoms with Crippen LogP contribution in [0, 0.1) is 11.3 Å². The van der Waals surface area contributed by atoms with E-state index in [2.05, 4.69) is 11.4 Å². The first-order valence-corrected chi connectivity index (χ1v) is 19.5. The predicted octanol–water partition coefficient (Wildman–Crippen LogP) is 8.60. The molecular formula is C46H35Cl2N3O8. The quantitative estimate of drug-likeness (QED) is 0.131. The van der Waals surface area contributed by atoms with Crippen molar-refractivity contribution in [2.75, 3.05) is 6.61 Å². The molecule has 2 amide bonds. The van der Waals surface area contributed by atoms with E-state index in [0.717, 1.165) is 33.4 Å². The van der Waals surface area contributed by atoms with Crippen molar-refractivity contribution < 1.29 is 38.1 Å². The number of hydrogen-bond acceptors (Lipinski definition) is 8. The van der Waals surface area contributed by atoms with E-state index in [9.17, 15) is 19.5 Å². The third-order valence-electron chi connectivity index (χ3n) is 10.3. The van der Waals surface area contributed by atoms with Crippen LogP contribution in [0.15, 0.2) is 126 Å². The van der Waals surface area contributed by atoms with Gasteiger partial charge in [-0.25, -0.2) is 4.79 Å². The van der Waals surface area contributed by atoms with Crippen LogP contribution >= 0.6 is 23.2 Å². The minimum absolute atomic E-state index is 0.0124. The number of ether oxygens (including phenoxy) is 3. The molecule has 3 atom stereocenters. The van der Waals surface area contributed by atoms with Gasteiger partial charge in [0.2, 0.25) is 5.91 Å². The topological polar surface area (TPSA) is 151 Å². The summed E-state index contributed by atoms with van der Waals surface area (Å²) in [7, 11) is 0. The highest BCUT2D eigenvalue weighted by Gasteiger charge is 2.39. The normalized spacial score (nSPS) is 16.0. The largest absolute Gasteiger partial charge is 0.489 e. The zero-order valence-electron chi connectivity index (χ0n) is 31.3. The molecule has 296 valence electrons. The van der Waals surface area contributed by atoms with Crippen molar-refractivity contribution in [3.63, 3.8) is 0 Å². The lowest BCUT2D eigenvalue weighted by Crippen LogP contribution is -2.55. The average Bonchev–Trinajstić information content (AvgIpc) is 3.81. The molecule has 5 aromatic carbocycles. The molecule has 59 heavy (non-hydrogen) atoms. The first-order chi connectivity index (χ1) is 28.6. The minimum Gasteiger partial charge on any atom is -0.489 e. The van der Waals surface area contributed by atoms with Gasteiger partial charge in [0.05, 0.1) is 27.9 Å². The lowest BCUT2D eigenvalue weighted by Gasteiger charge is -2.37. The number of aliphatic carboxylic acids is 1. The average molecular weight is 829 g/mol. The summed E-state index contributed by atoms with van der Waals surface area (Å²) >= 11 is 12.2. The molecule has 8 rings (SSSR count). The number of rotatable bonds is 11. The van der Waals surface area contributed by atoms with E-state index in [-0.39, 0.29) is 31.8 Å². The van der Waals surface area contributed by atoms with Crippen LogP contribution in [0.5, 0.6) is 17.2 Å². The number of furan rings is 1. The van der Waals surface area contributed by atoms with Crippen molar-refractivity contribution in [1.29, 1.82) is 5.26 Å². The summed E-state index contributed by atoms with van der Waals surface area (Å²) in [5, 5.41) is 22.9. The lowest BCUT2D eigenvalue weighted by molar-refractivity contribution is -0.142. The van der Waals surface area contributed by atoms with Gasteiger partial charge in [-0.2, -0.15) is 5.26 Å². The molecule has 2 N–H and O–H groups in total. The Morgan fingerprint density at radius 1 is 0.864 bits per heavy atom. The summed E-state index contributed by atoms with van der Waals surface area (Å²) in [5.74, 6) is -0.643. The van der Waals surface area contributed by atoms with Gasteiger partial charge in [-0.05, 0) is 99.6 Å². The molecule has 3 heterocycles. The molecule has 11 nitrogen and oxygen atoms in total. The number of carboxylic acid groups (broad SMARTS) is 1. The molecule has 13 heteroatoms. The summed E-state index contributed by atoms with van der Waals surface area (Å²) in [6, 6.07) is 33.9. The van der Waals surface area contributed by atoms with Gasteiger partial charge in [-0.15, -0.1) is 0 Å². The van der Waals surface area contributed by atoms with E-state index in [0.29, 0.717) is 45.0 Å². The maximum Gasteiger partial charge on any atom is 0.326 e. The monoisotopic (exact) mass is 827 g/mol. The number of carboxylic acids is 1. The van der Waals surface area contributed by atoms with Gasteiger partial charge in [-0.1, -0.05) is 77.8 Å². The fourth-order valence-electron chi connectivity index (χ4n) is 7.15. The molecule has 0 radical (unpaired) electrons. The Bertz CT molecular complexity index is 2550. The van der Waals surface area contributed by atoms with E-state index < -0.39 is 36.0 Å². The molecule has 0 aliphatic carbocycles. The van der Waals surface area contributed by atoms with Crippen molar-refractivity contribution in [2.45, 2.75) is 44.2 Å². The Morgan fingerprint density at radius 3 is 2.25 bits per heavy atom. The Hall–Kier alpha value is -6.74. The molecule has 0 bridgehead atoms. The number of halogens is 2. The summed E-state index contributed by atoms with van der Waals surface area (Å²) in [4.78, 5) is 41.8. The minimum atomic E-state index is -1.27. The Labute approximate surface area is 349 Å². The standard InChI is InChI=1S/C46H35Cl2N3O8/c47-36-16-7-29(18-37(36)48)25-57-35-14-12-32(13-15-35)43-26-58-41-21-33-20-39(51(24-34(33)22-42(41)59-43)45(53)40-2-1-17-56-40)44(52)50-38(46(54)55)19-27-3-8-30(9-4-27)31-10-5-28(23-49)6-11-31/h1-18,21-22,38-39,43H,19-20,24-26H2,(H,50,52)(H,54,55)/t38-,39?,43+/m0/s1. The highest BCUT2D eigenvalue weighted by Crippen LogP contribution is 2.41. The third kappa shape index (κ3) is 8.75. The first-order valence-electron chi connectivity index (χ1n) is 18.7. The fraction of sp³-hybridized carbons (Fsp3) is 0.174. The molecule has 0 fully saturated rings. The molecule has 2 aliphatic heterocycles. The second-order valence-electron chi connectivity index (χ2n) is 14.2. The number of carbonyl (C=O) groups excluding carboxylic acids is 2. The maximum atomic E-state index is 14.0. The van der Waals surface area contributed by atoms with Crippen LogP contribution in [0.4, 0.5) is 0 Å². The second kappa shape index (κ2) is 17.0. The van der Waals surface area contributed by atoms with Gasteiger partial charge < -0.3 is 34.0 Å². The lowest BCUT2D eigenvalue weighted by atomic mass is 9.91. The maximum absolute atomic E-state index is 14.0. The van der Waals surface area contributed by atoms with Crippen molar-refractivity contribution in [2.24, 2.45) is 0 Å². The number of carbonyl (C=O) groups is 3. The zero-order valence-corrected chi connectivity index (χ0v) is 32.8. The number of nitrogens with one attached hydrogen (secondary N) is 1. The van der Waals surface area contributed by atoms with Crippen LogP contribution in [0.2, 0.25) is 10.0 Å². The van der Waals surface area contributed by atoms with E-state index in [1.54, 1.807) is 42.5 Å². The van der Waals surface area contributed by atoms with Crippen LogP contribution in [0.25, 0.3) is 11.1 Å². The number of benzene rings is 5. The number of amides is 2. The van der Waals surface area contributed by atoms with E-state index in [1.165, 1.54) is 17.2 Å². The summed E-state index contributed by atoms with van der Waals surface area (Å²) in [5.41, 5.74) is 6.32.